The predicted octanol–water partition coefficient (Wildman–Crippen LogP) is 2.29. The Morgan fingerprint density at radius 3 is 2.82 bits per heavy atom. The summed E-state index contributed by atoms with van der Waals surface area (Å²) < 4.78 is 0. The first-order valence-electron chi connectivity index (χ1n) is 4.57. The first-order valence-corrected chi connectivity index (χ1v) is 4.57. The normalized spacial score (nSPS) is 21.6. The zero-order valence-corrected chi connectivity index (χ0v) is 7.93. The van der Waals surface area contributed by atoms with Crippen LogP contribution in [0.1, 0.15) is 26.7 Å². The molecule has 11 heavy (non-hydrogen) atoms. The maximum atomic E-state index is 2.42. The van der Waals surface area contributed by atoms with Crippen LogP contribution in [0.4, 0.5) is 0 Å². The van der Waals surface area contributed by atoms with Gasteiger partial charge in [-0.1, -0.05) is 25.5 Å². The quantitative estimate of drug-likeness (QED) is 0.522. The number of hydrogen-bond acceptors (Lipinski definition) is 1. The summed E-state index contributed by atoms with van der Waals surface area (Å²) in [7, 11) is 2.21. The predicted molar refractivity (Wildman–Crippen MR) is 49.7 cm³/mol. The molecule has 0 atom stereocenters. The topological polar surface area (TPSA) is 3.24 Å². The molecule has 0 radical (unpaired) electrons. The number of hydrogen-bond donors (Lipinski definition) is 0. The van der Waals surface area contributed by atoms with E-state index in [0.717, 1.165) is 5.92 Å². The summed E-state index contributed by atoms with van der Waals surface area (Å²) in [6.07, 6.45) is 5.03. The standard InChI is InChI=1S/C10H19N/c1-9(2)10-6-4-5-7-11(3)8-10/h6,9H,4-5,7-8H2,1-3H3. The van der Waals surface area contributed by atoms with E-state index < -0.39 is 0 Å². The van der Waals surface area contributed by atoms with E-state index in [9.17, 15) is 0 Å². The summed E-state index contributed by atoms with van der Waals surface area (Å²) in [5, 5.41) is 0. The zero-order chi connectivity index (χ0) is 8.27. The number of rotatable bonds is 1. The molecule has 0 unspecified atom stereocenters. The number of allylic oxidation sites excluding steroid dienone is 1. The van der Waals surface area contributed by atoms with Crippen LogP contribution in [0, 0.1) is 5.92 Å². The van der Waals surface area contributed by atoms with E-state index in [-0.39, 0.29) is 0 Å². The first-order chi connectivity index (χ1) is 5.20. The van der Waals surface area contributed by atoms with Crippen molar-refractivity contribution in [1.82, 2.24) is 4.90 Å². The SMILES string of the molecule is CC(C)C1=CCCCN(C)C1. The highest BCUT2D eigenvalue weighted by Crippen LogP contribution is 2.15. The fraction of sp³-hybridized carbons (Fsp3) is 0.800. The van der Waals surface area contributed by atoms with Crippen LogP contribution in [-0.4, -0.2) is 25.0 Å². The third-order valence-corrected chi connectivity index (χ3v) is 2.34. The molecule has 1 heteroatoms. The Morgan fingerprint density at radius 2 is 2.18 bits per heavy atom. The van der Waals surface area contributed by atoms with Gasteiger partial charge in [-0.15, -0.1) is 0 Å². The molecule has 1 heterocycles. The average molecular weight is 153 g/mol. The van der Waals surface area contributed by atoms with E-state index in [1.54, 1.807) is 5.57 Å². The van der Waals surface area contributed by atoms with Gasteiger partial charge < -0.3 is 4.90 Å². The van der Waals surface area contributed by atoms with Crippen LogP contribution in [0.2, 0.25) is 0 Å². The minimum Gasteiger partial charge on any atom is -0.302 e. The molecule has 0 bridgehead atoms. The average Bonchev–Trinajstić information content (AvgIpc) is 2.13. The molecule has 1 rings (SSSR count). The Bertz CT molecular complexity index is 147. The lowest BCUT2D eigenvalue weighted by Gasteiger charge is -2.17. The maximum Gasteiger partial charge on any atom is 0.0192 e. The van der Waals surface area contributed by atoms with Crippen molar-refractivity contribution in [2.24, 2.45) is 5.92 Å². The van der Waals surface area contributed by atoms with E-state index >= 15 is 0 Å². The van der Waals surface area contributed by atoms with Gasteiger partial charge >= 0.3 is 0 Å². The summed E-state index contributed by atoms with van der Waals surface area (Å²) in [5.41, 5.74) is 1.62. The van der Waals surface area contributed by atoms with Crippen molar-refractivity contribution in [2.75, 3.05) is 20.1 Å². The van der Waals surface area contributed by atoms with Gasteiger partial charge in [0, 0.05) is 6.54 Å². The van der Waals surface area contributed by atoms with Crippen LogP contribution in [0.5, 0.6) is 0 Å². The second-order valence-corrected chi connectivity index (χ2v) is 3.81. The fourth-order valence-electron chi connectivity index (χ4n) is 1.52. The van der Waals surface area contributed by atoms with Crippen LogP contribution >= 0.6 is 0 Å². The molecule has 1 nitrogen and oxygen atoms in total. The van der Waals surface area contributed by atoms with E-state index in [1.807, 2.05) is 0 Å². The second kappa shape index (κ2) is 3.91. The van der Waals surface area contributed by atoms with Crippen LogP contribution in [-0.2, 0) is 0 Å². The molecule has 0 N–H and O–H groups in total. The highest BCUT2D eigenvalue weighted by molar-refractivity contribution is 5.08. The largest absolute Gasteiger partial charge is 0.302 e. The van der Waals surface area contributed by atoms with E-state index in [1.165, 1.54) is 25.9 Å². The molecule has 0 spiro atoms. The van der Waals surface area contributed by atoms with Crippen LogP contribution < -0.4 is 0 Å². The third-order valence-electron chi connectivity index (χ3n) is 2.34. The molecule has 0 fully saturated rings. The molecule has 1 aliphatic heterocycles. The number of likely N-dealkylation sites (N-methyl/N-ethyl adjacent to an activating group) is 1. The van der Waals surface area contributed by atoms with Gasteiger partial charge in [-0.2, -0.15) is 0 Å². The molecule has 64 valence electrons. The Hall–Kier alpha value is -0.300. The summed E-state index contributed by atoms with van der Waals surface area (Å²) in [6, 6.07) is 0. The Kier molecular flexibility index (Phi) is 3.13. The highest BCUT2D eigenvalue weighted by atomic mass is 15.1. The lowest BCUT2D eigenvalue weighted by atomic mass is 10.0. The molecule has 0 amide bonds. The van der Waals surface area contributed by atoms with Crippen LogP contribution in [0.25, 0.3) is 0 Å². The van der Waals surface area contributed by atoms with Gasteiger partial charge in [0.1, 0.15) is 0 Å². The maximum absolute atomic E-state index is 2.42. The van der Waals surface area contributed by atoms with Crippen LogP contribution in [0.3, 0.4) is 0 Å². The fourth-order valence-corrected chi connectivity index (χ4v) is 1.52. The Morgan fingerprint density at radius 1 is 1.45 bits per heavy atom. The van der Waals surface area contributed by atoms with Crippen molar-refractivity contribution in [1.29, 1.82) is 0 Å². The first kappa shape index (κ1) is 8.79. The summed E-state index contributed by atoms with van der Waals surface area (Å²) in [5.74, 6) is 0.732. The molecule has 0 aliphatic carbocycles. The van der Waals surface area contributed by atoms with Crippen molar-refractivity contribution in [3.05, 3.63) is 11.6 Å². The Labute approximate surface area is 70.1 Å². The van der Waals surface area contributed by atoms with Crippen molar-refractivity contribution in [2.45, 2.75) is 26.7 Å². The van der Waals surface area contributed by atoms with Crippen molar-refractivity contribution in [3.8, 4) is 0 Å². The molecular weight excluding hydrogens is 134 g/mol. The molecular formula is C10H19N. The van der Waals surface area contributed by atoms with E-state index in [0.29, 0.717) is 0 Å². The molecule has 1 aliphatic rings. The minimum absolute atomic E-state index is 0.732. The van der Waals surface area contributed by atoms with Gasteiger partial charge in [0.05, 0.1) is 0 Å². The van der Waals surface area contributed by atoms with E-state index in [2.05, 4.69) is 31.9 Å². The number of nitrogens with zero attached hydrogens (tertiary/aromatic N) is 1. The molecule has 0 aromatic heterocycles. The lowest BCUT2D eigenvalue weighted by molar-refractivity contribution is 0.357. The second-order valence-electron chi connectivity index (χ2n) is 3.81. The smallest absolute Gasteiger partial charge is 0.0192 e. The highest BCUT2D eigenvalue weighted by Gasteiger charge is 2.09. The lowest BCUT2D eigenvalue weighted by Crippen LogP contribution is -2.21. The van der Waals surface area contributed by atoms with E-state index in [4.69, 9.17) is 0 Å². The molecule has 0 aromatic rings. The van der Waals surface area contributed by atoms with Gasteiger partial charge in [0.15, 0.2) is 0 Å². The van der Waals surface area contributed by atoms with Gasteiger partial charge in [0.2, 0.25) is 0 Å². The summed E-state index contributed by atoms with van der Waals surface area (Å²) in [6.45, 7) is 7.00. The van der Waals surface area contributed by atoms with Crippen molar-refractivity contribution >= 4 is 0 Å². The molecule has 0 aromatic carbocycles. The summed E-state index contributed by atoms with van der Waals surface area (Å²) in [4.78, 5) is 2.42. The Balaban J connectivity index is 2.54. The summed E-state index contributed by atoms with van der Waals surface area (Å²) >= 11 is 0. The molecule has 0 saturated carbocycles. The van der Waals surface area contributed by atoms with Gasteiger partial charge in [-0.3, -0.25) is 0 Å². The third kappa shape index (κ3) is 2.66. The minimum atomic E-state index is 0.732. The van der Waals surface area contributed by atoms with Crippen LogP contribution in [0.15, 0.2) is 11.6 Å². The van der Waals surface area contributed by atoms with Crippen molar-refractivity contribution in [3.63, 3.8) is 0 Å². The van der Waals surface area contributed by atoms with Gasteiger partial charge in [-0.25, -0.2) is 0 Å². The zero-order valence-electron chi connectivity index (χ0n) is 7.93. The molecule has 0 saturated heterocycles. The van der Waals surface area contributed by atoms with Gasteiger partial charge in [0.25, 0.3) is 0 Å². The monoisotopic (exact) mass is 153 g/mol. The van der Waals surface area contributed by atoms with Crippen molar-refractivity contribution < 1.29 is 0 Å². The van der Waals surface area contributed by atoms with Gasteiger partial charge in [-0.05, 0) is 32.4 Å².